The van der Waals surface area contributed by atoms with Crippen molar-refractivity contribution < 1.29 is 19.2 Å². The average Bonchev–Trinajstić information content (AvgIpc) is 3.20. The molecule has 9 nitrogen and oxygen atoms in total. The first-order valence-corrected chi connectivity index (χ1v) is 9.84. The SMILES string of the molecule is CNC(=O)c1cccc(-c2nn(C)cc2C(=O)NC(Cc2ccccc2)C(=O)C(N)=O)c1. The second-order valence-electron chi connectivity index (χ2n) is 7.17. The maximum Gasteiger partial charge on any atom is 0.287 e. The number of Topliss-reactive ketones (excluding diaryl/α,β-unsaturated/α-hetero) is 1. The van der Waals surface area contributed by atoms with Gasteiger partial charge in [0.1, 0.15) is 11.7 Å². The Morgan fingerprint density at radius 3 is 2.41 bits per heavy atom. The van der Waals surface area contributed by atoms with Gasteiger partial charge in [-0.2, -0.15) is 5.10 Å². The third-order valence-electron chi connectivity index (χ3n) is 4.85. The fraction of sp³-hybridized carbons (Fsp3) is 0.174. The number of nitrogens with one attached hydrogen (secondary N) is 2. The fourth-order valence-corrected chi connectivity index (χ4v) is 3.29. The van der Waals surface area contributed by atoms with E-state index in [4.69, 9.17) is 5.73 Å². The molecule has 0 radical (unpaired) electrons. The molecule has 0 saturated carbocycles. The molecule has 0 saturated heterocycles. The van der Waals surface area contributed by atoms with E-state index in [1.165, 1.54) is 17.9 Å². The molecule has 3 amide bonds. The fourth-order valence-electron chi connectivity index (χ4n) is 3.29. The quantitative estimate of drug-likeness (QED) is 0.452. The van der Waals surface area contributed by atoms with Gasteiger partial charge in [0.15, 0.2) is 0 Å². The number of aryl methyl sites for hydroxylation is 1. The summed E-state index contributed by atoms with van der Waals surface area (Å²) in [4.78, 5) is 49.0. The maximum atomic E-state index is 13.1. The molecule has 0 bridgehead atoms. The second-order valence-corrected chi connectivity index (χ2v) is 7.17. The Bertz CT molecular complexity index is 1170. The lowest BCUT2D eigenvalue weighted by Crippen LogP contribution is -2.47. The predicted octanol–water partition coefficient (Wildman–Crippen LogP) is 0.842. The van der Waals surface area contributed by atoms with Crippen LogP contribution in [0.15, 0.2) is 60.8 Å². The predicted molar refractivity (Wildman–Crippen MR) is 118 cm³/mol. The van der Waals surface area contributed by atoms with E-state index < -0.39 is 23.6 Å². The average molecular weight is 433 g/mol. The van der Waals surface area contributed by atoms with Gasteiger partial charge in [-0.05, 0) is 17.7 Å². The molecule has 0 aliphatic rings. The maximum absolute atomic E-state index is 13.1. The van der Waals surface area contributed by atoms with Gasteiger partial charge in [0, 0.05) is 37.8 Å². The summed E-state index contributed by atoms with van der Waals surface area (Å²) in [6.45, 7) is 0. The van der Waals surface area contributed by atoms with Crippen molar-refractivity contribution in [1.29, 1.82) is 0 Å². The molecule has 1 unspecified atom stereocenters. The number of hydrogen-bond donors (Lipinski definition) is 3. The highest BCUT2D eigenvalue weighted by molar-refractivity contribution is 6.38. The smallest absolute Gasteiger partial charge is 0.287 e. The molecule has 1 aromatic heterocycles. The van der Waals surface area contributed by atoms with Crippen molar-refractivity contribution in [3.63, 3.8) is 0 Å². The monoisotopic (exact) mass is 433 g/mol. The Hall–Kier alpha value is -4.27. The summed E-state index contributed by atoms with van der Waals surface area (Å²) in [5.41, 5.74) is 7.44. The second kappa shape index (κ2) is 9.69. The lowest BCUT2D eigenvalue weighted by atomic mass is 10.0. The molecule has 32 heavy (non-hydrogen) atoms. The van der Waals surface area contributed by atoms with Crippen LogP contribution in [0.1, 0.15) is 26.3 Å². The molecule has 9 heteroatoms. The Labute approximate surface area is 184 Å². The number of rotatable bonds is 8. The van der Waals surface area contributed by atoms with Crippen molar-refractivity contribution in [3.8, 4) is 11.3 Å². The van der Waals surface area contributed by atoms with Crippen LogP contribution in [0.5, 0.6) is 0 Å². The van der Waals surface area contributed by atoms with Crippen LogP contribution in [0.3, 0.4) is 0 Å². The zero-order valence-corrected chi connectivity index (χ0v) is 17.7. The summed E-state index contributed by atoms with van der Waals surface area (Å²) in [5, 5.41) is 9.51. The molecule has 0 fully saturated rings. The van der Waals surface area contributed by atoms with E-state index in [2.05, 4.69) is 15.7 Å². The molecule has 2 aromatic carbocycles. The van der Waals surface area contributed by atoms with Crippen LogP contribution in [0.4, 0.5) is 0 Å². The van der Waals surface area contributed by atoms with Crippen molar-refractivity contribution in [2.75, 3.05) is 7.05 Å². The first-order valence-electron chi connectivity index (χ1n) is 9.84. The van der Waals surface area contributed by atoms with Gasteiger partial charge < -0.3 is 16.4 Å². The van der Waals surface area contributed by atoms with Crippen LogP contribution in [-0.4, -0.2) is 46.4 Å². The largest absolute Gasteiger partial charge is 0.363 e. The minimum Gasteiger partial charge on any atom is -0.363 e. The third-order valence-corrected chi connectivity index (χ3v) is 4.85. The molecular formula is C23H23N5O4. The number of benzene rings is 2. The molecule has 1 heterocycles. The van der Waals surface area contributed by atoms with Gasteiger partial charge in [-0.1, -0.05) is 42.5 Å². The first-order chi connectivity index (χ1) is 15.3. The van der Waals surface area contributed by atoms with E-state index in [1.54, 1.807) is 55.6 Å². The normalized spacial score (nSPS) is 11.4. The highest BCUT2D eigenvalue weighted by Crippen LogP contribution is 2.23. The molecule has 0 aliphatic carbocycles. The minimum absolute atomic E-state index is 0.107. The summed E-state index contributed by atoms with van der Waals surface area (Å²) in [5.74, 6) is -2.89. The van der Waals surface area contributed by atoms with E-state index >= 15 is 0 Å². The topological polar surface area (TPSA) is 136 Å². The van der Waals surface area contributed by atoms with Gasteiger partial charge >= 0.3 is 0 Å². The number of aromatic nitrogens is 2. The number of amides is 3. The van der Waals surface area contributed by atoms with Crippen LogP contribution in [0, 0.1) is 0 Å². The van der Waals surface area contributed by atoms with Crippen LogP contribution >= 0.6 is 0 Å². The van der Waals surface area contributed by atoms with E-state index in [-0.39, 0.29) is 17.9 Å². The summed E-state index contributed by atoms with van der Waals surface area (Å²) in [7, 11) is 3.18. The van der Waals surface area contributed by atoms with Crippen molar-refractivity contribution >= 4 is 23.5 Å². The Balaban J connectivity index is 1.92. The molecule has 164 valence electrons. The van der Waals surface area contributed by atoms with Crippen molar-refractivity contribution in [3.05, 3.63) is 77.5 Å². The van der Waals surface area contributed by atoms with Crippen molar-refractivity contribution in [2.24, 2.45) is 12.8 Å². The van der Waals surface area contributed by atoms with E-state index in [9.17, 15) is 19.2 Å². The van der Waals surface area contributed by atoms with Crippen LogP contribution in [0.25, 0.3) is 11.3 Å². The van der Waals surface area contributed by atoms with E-state index in [0.29, 0.717) is 16.8 Å². The van der Waals surface area contributed by atoms with Gasteiger partial charge in [0.25, 0.3) is 17.7 Å². The van der Waals surface area contributed by atoms with Gasteiger partial charge in [-0.3, -0.25) is 23.9 Å². The van der Waals surface area contributed by atoms with Gasteiger partial charge in [-0.15, -0.1) is 0 Å². The van der Waals surface area contributed by atoms with E-state index in [1.807, 2.05) is 6.07 Å². The number of hydrogen-bond acceptors (Lipinski definition) is 5. The van der Waals surface area contributed by atoms with Crippen molar-refractivity contribution in [2.45, 2.75) is 12.5 Å². The highest BCUT2D eigenvalue weighted by atomic mass is 16.2. The number of nitrogens with two attached hydrogens (primary N) is 1. The number of ketones is 1. The Kier molecular flexibility index (Phi) is 6.79. The highest BCUT2D eigenvalue weighted by Gasteiger charge is 2.28. The molecule has 3 aromatic rings. The summed E-state index contributed by atoms with van der Waals surface area (Å²) in [6.07, 6.45) is 1.61. The number of carbonyl (C=O) groups is 4. The lowest BCUT2D eigenvalue weighted by Gasteiger charge is -2.16. The number of nitrogens with zero attached hydrogens (tertiary/aromatic N) is 2. The number of carbonyl (C=O) groups excluding carboxylic acids is 4. The van der Waals surface area contributed by atoms with Crippen LogP contribution in [-0.2, 0) is 23.1 Å². The first kappa shape index (κ1) is 22.4. The summed E-state index contributed by atoms with van der Waals surface area (Å²) >= 11 is 0. The lowest BCUT2D eigenvalue weighted by molar-refractivity contribution is -0.137. The number of primary amides is 1. The molecule has 1 atom stereocenters. The summed E-state index contributed by atoms with van der Waals surface area (Å²) in [6, 6.07) is 14.5. The Morgan fingerprint density at radius 1 is 1.03 bits per heavy atom. The molecule has 0 spiro atoms. The zero-order chi connectivity index (χ0) is 23.3. The Morgan fingerprint density at radius 2 is 1.75 bits per heavy atom. The standard InChI is InChI=1S/C23H23N5O4/c1-25-22(31)16-10-6-9-15(12-16)19-17(13-28(2)27-19)23(32)26-18(20(29)21(24)30)11-14-7-4-3-5-8-14/h3-10,12-13,18H,11H2,1-2H3,(H2,24,30)(H,25,31)(H,26,32). The van der Waals surface area contributed by atoms with Crippen LogP contribution in [0.2, 0.25) is 0 Å². The van der Waals surface area contributed by atoms with Gasteiger partial charge in [0.2, 0.25) is 5.78 Å². The molecule has 0 aliphatic heterocycles. The van der Waals surface area contributed by atoms with Gasteiger partial charge in [-0.25, -0.2) is 0 Å². The molecule has 3 rings (SSSR count). The van der Waals surface area contributed by atoms with E-state index in [0.717, 1.165) is 5.56 Å². The third kappa shape index (κ3) is 5.07. The zero-order valence-electron chi connectivity index (χ0n) is 17.7. The molecule has 4 N–H and O–H groups in total. The molecular weight excluding hydrogens is 410 g/mol. The van der Waals surface area contributed by atoms with Crippen LogP contribution < -0.4 is 16.4 Å². The van der Waals surface area contributed by atoms with Crippen molar-refractivity contribution in [1.82, 2.24) is 20.4 Å². The summed E-state index contributed by atoms with van der Waals surface area (Å²) < 4.78 is 1.46. The minimum atomic E-state index is -1.13. The van der Waals surface area contributed by atoms with Gasteiger partial charge in [0.05, 0.1) is 5.56 Å².